The van der Waals surface area contributed by atoms with Gasteiger partial charge in [0, 0.05) is 18.8 Å². The van der Waals surface area contributed by atoms with Crippen LogP contribution in [0.2, 0.25) is 0 Å². The lowest BCUT2D eigenvalue weighted by Gasteiger charge is -2.26. The van der Waals surface area contributed by atoms with Crippen molar-refractivity contribution in [2.75, 3.05) is 35.3 Å². The Bertz CT molecular complexity index is 1220. The molecule has 8 nitrogen and oxygen atoms in total. The first-order chi connectivity index (χ1) is 16.1. The van der Waals surface area contributed by atoms with Gasteiger partial charge >= 0.3 is 0 Å². The largest absolute Gasteiger partial charge is 0.457 e. The molecular weight excluding hydrogens is 416 g/mol. The van der Waals surface area contributed by atoms with Gasteiger partial charge in [-0.2, -0.15) is 0 Å². The molecule has 1 fully saturated rings. The highest BCUT2D eigenvalue weighted by Gasteiger charge is 2.38. The van der Waals surface area contributed by atoms with Crippen molar-refractivity contribution in [2.24, 2.45) is 0 Å². The number of para-hydroxylation sites is 1. The molecule has 0 unspecified atom stereocenters. The van der Waals surface area contributed by atoms with Gasteiger partial charge in [0.2, 0.25) is 0 Å². The molecule has 8 heteroatoms. The Morgan fingerprint density at radius 1 is 1.09 bits per heavy atom. The third kappa shape index (κ3) is 4.01. The molecule has 166 valence electrons. The Morgan fingerprint density at radius 2 is 1.85 bits per heavy atom. The number of fused-ring (bicyclic) bond motifs is 1. The molecule has 2 aliphatic heterocycles. The van der Waals surface area contributed by atoms with Gasteiger partial charge in [-0.25, -0.2) is 9.97 Å². The van der Waals surface area contributed by atoms with Gasteiger partial charge in [-0.1, -0.05) is 24.1 Å². The van der Waals surface area contributed by atoms with Crippen LogP contribution in [-0.2, 0) is 4.79 Å². The van der Waals surface area contributed by atoms with E-state index in [4.69, 9.17) is 10.5 Å². The zero-order valence-electron chi connectivity index (χ0n) is 18.3. The first kappa shape index (κ1) is 20.6. The lowest BCUT2D eigenvalue weighted by Crippen LogP contribution is -2.40. The summed E-state index contributed by atoms with van der Waals surface area (Å²) in [6.07, 6.45) is 2.33. The van der Waals surface area contributed by atoms with Gasteiger partial charge in [0.1, 0.15) is 23.5 Å². The van der Waals surface area contributed by atoms with E-state index in [1.807, 2.05) is 54.6 Å². The second kappa shape index (κ2) is 8.71. The summed E-state index contributed by atoms with van der Waals surface area (Å²) in [5.74, 6) is 7.94. The number of likely N-dealkylation sites (tertiary alicyclic amines) is 1. The second-order valence-corrected chi connectivity index (χ2v) is 7.95. The number of ether oxygens (including phenoxy) is 1. The summed E-state index contributed by atoms with van der Waals surface area (Å²) in [6.45, 7) is 3.53. The number of aromatic nitrogens is 2. The summed E-state index contributed by atoms with van der Waals surface area (Å²) in [5.41, 5.74) is 8.03. The summed E-state index contributed by atoms with van der Waals surface area (Å²) >= 11 is 0. The standard InChI is InChI=1S/C25H24N6O2/c1-2-6-22(32)29-14-13-19(15-29)31-17-30(23-24(26)27-16-28-25(23)31)18-9-11-21(12-10-18)33-20-7-4-3-5-8-20/h3-5,7-12,16,19H,13-15,17H2,1H3,(H2,26,27,28)/t19-/m1/s1. The SMILES string of the molecule is CC#CC(=O)N1CC[C@@H](N2CN(c3ccc(Oc4ccccc4)cc3)c3c(N)ncnc32)C1. The minimum atomic E-state index is -0.132. The smallest absolute Gasteiger partial charge is 0.298 e. The first-order valence-electron chi connectivity index (χ1n) is 10.8. The normalized spacial score (nSPS) is 16.9. The van der Waals surface area contributed by atoms with Crippen LogP contribution in [0.15, 0.2) is 60.9 Å². The number of nitrogen functional groups attached to an aromatic ring is 1. The maximum absolute atomic E-state index is 12.2. The monoisotopic (exact) mass is 440 g/mol. The van der Waals surface area contributed by atoms with E-state index in [9.17, 15) is 4.79 Å². The van der Waals surface area contributed by atoms with Gasteiger partial charge in [0.25, 0.3) is 5.91 Å². The zero-order chi connectivity index (χ0) is 22.8. The van der Waals surface area contributed by atoms with Gasteiger partial charge < -0.3 is 25.2 Å². The fourth-order valence-corrected chi connectivity index (χ4v) is 4.33. The zero-order valence-corrected chi connectivity index (χ0v) is 18.3. The number of amides is 1. The Balaban J connectivity index is 1.38. The molecule has 3 aromatic rings. The molecule has 1 aromatic heterocycles. The van der Waals surface area contributed by atoms with Crippen molar-refractivity contribution < 1.29 is 9.53 Å². The first-order valence-corrected chi connectivity index (χ1v) is 10.8. The minimum absolute atomic E-state index is 0.131. The molecular formula is C25H24N6O2. The molecule has 0 radical (unpaired) electrons. The van der Waals surface area contributed by atoms with E-state index >= 15 is 0 Å². The van der Waals surface area contributed by atoms with E-state index in [0.29, 0.717) is 25.6 Å². The van der Waals surface area contributed by atoms with E-state index in [2.05, 4.69) is 31.6 Å². The van der Waals surface area contributed by atoms with E-state index in [-0.39, 0.29) is 11.9 Å². The molecule has 1 amide bonds. The molecule has 2 aromatic carbocycles. The summed E-state index contributed by atoms with van der Waals surface area (Å²) in [7, 11) is 0. The highest BCUT2D eigenvalue weighted by atomic mass is 16.5. The quantitative estimate of drug-likeness (QED) is 0.622. The van der Waals surface area contributed by atoms with Crippen molar-refractivity contribution in [3.63, 3.8) is 0 Å². The summed E-state index contributed by atoms with van der Waals surface area (Å²) in [4.78, 5) is 27.1. The Kier molecular flexibility index (Phi) is 5.45. The highest BCUT2D eigenvalue weighted by Crippen LogP contribution is 2.44. The van der Waals surface area contributed by atoms with Crippen molar-refractivity contribution in [1.82, 2.24) is 14.9 Å². The van der Waals surface area contributed by atoms with Gasteiger partial charge in [-0.15, -0.1) is 0 Å². The molecule has 0 spiro atoms. The lowest BCUT2D eigenvalue weighted by atomic mass is 10.2. The molecule has 1 atom stereocenters. The molecule has 0 aliphatic carbocycles. The fourth-order valence-electron chi connectivity index (χ4n) is 4.33. The highest BCUT2D eigenvalue weighted by molar-refractivity contribution is 5.94. The Hall–Kier alpha value is -4.25. The molecule has 3 heterocycles. The van der Waals surface area contributed by atoms with Gasteiger partial charge in [-0.05, 0) is 55.7 Å². The molecule has 2 N–H and O–H groups in total. The average Bonchev–Trinajstić information content (AvgIpc) is 3.47. The molecule has 0 saturated carbocycles. The van der Waals surface area contributed by atoms with Crippen LogP contribution in [0.1, 0.15) is 13.3 Å². The number of rotatable bonds is 4. The predicted molar refractivity (Wildman–Crippen MR) is 127 cm³/mol. The average molecular weight is 441 g/mol. The van der Waals surface area contributed by atoms with Crippen molar-refractivity contribution in [1.29, 1.82) is 0 Å². The van der Waals surface area contributed by atoms with E-state index in [0.717, 1.165) is 35.1 Å². The number of nitrogens with zero attached hydrogens (tertiary/aromatic N) is 5. The molecule has 5 rings (SSSR count). The summed E-state index contributed by atoms with van der Waals surface area (Å²) < 4.78 is 5.92. The molecule has 1 saturated heterocycles. The number of carbonyl (C=O) groups excluding carboxylic acids is 1. The van der Waals surface area contributed by atoms with Gasteiger partial charge in [-0.3, -0.25) is 4.79 Å². The number of nitrogens with two attached hydrogens (primary N) is 1. The van der Waals surface area contributed by atoms with Crippen molar-refractivity contribution in [3.8, 4) is 23.3 Å². The lowest BCUT2D eigenvalue weighted by molar-refractivity contribution is -0.124. The van der Waals surface area contributed by atoms with E-state index < -0.39 is 0 Å². The molecule has 0 bridgehead atoms. The second-order valence-electron chi connectivity index (χ2n) is 7.95. The molecule has 2 aliphatic rings. The van der Waals surface area contributed by atoms with Crippen LogP contribution < -0.4 is 20.3 Å². The van der Waals surface area contributed by atoms with E-state index in [1.165, 1.54) is 6.33 Å². The van der Waals surface area contributed by atoms with Crippen LogP contribution in [0, 0.1) is 11.8 Å². The number of hydrogen-bond acceptors (Lipinski definition) is 7. The van der Waals surface area contributed by atoms with Crippen molar-refractivity contribution >= 4 is 28.9 Å². The molecule has 33 heavy (non-hydrogen) atoms. The fraction of sp³-hybridized carbons (Fsp3) is 0.240. The maximum Gasteiger partial charge on any atom is 0.298 e. The van der Waals surface area contributed by atoms with Crippen LogP contribution in [0.25, 0.3) is 0 Å². The van der Waals surface area contributed by atoms with Crippen LogP contribution in [0.4, 0.5) is 23.0 Å². The number of carbonyl (C=O) groups is 1. The van der Waals surface area contributed by atoms with Crippen molar-refractivity contribution in [2.45, 2.75) is 19.4 Å². The number of benzene rings is 2. The minimum Gasteiger partial charge on any atom is -0.457 e. The van der Waals surface area contributed by atoms with Crippen molar-refractivity contribution in [3.05, 3.63) is 60.9 Å². The van der Waals surface area contributed by atoms with Crippen LogP contribution in [-0.4, -0.2) is 46.6 Å². The third-order valence-corrected chi connectivity index (χ3v) is 5.92. The van der Waals surface area contributed by atoms with Crippen LogP contribution in [0.3, 0.4) is 0 Å². The number of hydrogen-bond donors (Lipinski definition) is 1. The number of anilines is 4. The third-order valence-electron chi connectivity index (χ3n) is 5.92. The Labute approximate surface area is 192 Å². The summed E-state index contributed by atoms with van der Waals surface area (Å²) in [5, 5.41) is 0. The van der Waals surface area contributed by atoms with E-state index in [1.54, 1.807) is 11.8 Å². The van der Waals surface area contributed by atoms with Gasteiger partial charge in [0.05, 0.1) is 12.7 Å². The van der Waals surface area contributed by atoms with Crippen LogP contribution >= 0.6 is 0 Å². The Morgan fingerprint density at radius 3 is 2.61 bits per heavy atom. The topological polar surface area (TPSA) is 87.8 Å². The summed E-state index contributed by atoms with van der Waals surface area (Å²) in [6, 6.07) is 17.7. The van der Waals surface area contributed by atoms with Crippen LogP contribution in [0.5, 0.6) is 11.5 Å². The maximum atomic E-state index is 12.2. The predicted octanol–water partition coefficient (Wildman–Crippen LogP) is 3.39. The van der Waals surface area contributed by atoms with Gasteiger partial charge in [0.15, 0.2) is 11.6 Å².